The molecule has 0 fully saturated rings. The molecule has 0 aromatic heterocycles. The maximum atomic E-state index is 12.9. The van der Waals surface area contributed by atoms with E-state index in [1.807, 2.05) is 31.2 Å². The van der Waals surface area contributed by atoms with Gasteiger partial charge in [0.1, 0.15) is 0 Å². The molecule has 1 heterocycles. The molecule has 0 saturated heterocycles. The number of amides is 1. The summed E-state index contributed by atoms with van der Waals surface area (Å²) in [6.45, 7) is 3.79. The number of nitrogens with zero attached hydrogens (tertiary/aromatic N) is 1. The lowest BCUT2D eigenvalue weighted by Gasteiger charge is -2.27. The number of fused-ring (bicyclic) bond motifs is 3. The number of hydrogen-bond donors (Lipinski definition) is 1. The van der Waals surface area contributed by atoms with Gasteiger partial charge in [-0.1, -0.05) is 60.7 Å². The predicted octanol–water partition coefficient (Wildman–Crippen LogP) is 4.16. The van der Waals surface area contributed by atoms with Crippen LogP contribution in [0.2, 0.25) is 0 Å². The first-order chi connectivity index (χ1) is 15.1. The summed E-state index contributed by atoms with van der Waals surface area (Å²) in [5.41, 5.74) is 6.35. The first-order valence-corrected chi connectivity index (χ1v) is 10.4. The Hall–Kier alpha value is -3.44. The van der Waals surface area contributed by atoms with E-state index in [4.69, 9.17) is 4.74 Å². The molecule has 0 radical (unpaired) electrons. The first-order valence-electron chi connectivity index (χ1n) is 10.4. The standard InChI is InChI=1S/C26H26N2O3/c1-18(25(29)27-15-19-11-13-20(14-12-19)26(30)31-2)28-16-21-7-3-5-9-23(21)24-10-6-4-8-22(24)17-28/h3-14,18H,15-17H2,1-2H3,(H,27,29). The van der Waals surface area contributed by atoms with Crippen LogP contribution in [-0.4, -0.2) is 29.9 Å². The highest BCUT2D eigenvalue weighted by Crippen LogP contribution is 2.33. The van der Waals surface area contributed by atoms with Crippen LogP contribution in [-0.2, 0) is 29.2 Å². The zero-order valence-electron chi connectivity index (χ0n) is 17.8. The molecule has 1 aliphatic heterocycles. The highest BCUT2D eigenvalue weighted by Gasteiger charge is 2.26. The van der Waals surface area contributed by atoms with Crippen LogP contribution in [0.3, 0.4) is 0 Å². The summed E-state index contributed by atoms with van der Waals surface area (Å²) in [6, 6.07) is 23.6. The molecule has 3 aromatic rings. The molecule has 1 N–H and O–H groups in total. The second-order valence-corrected chi connectivity index (χ2v) is 7.80. The molecule has 5 nitrogen and oxygen atoms in total. The molecule has 1 atom stereocenters. The van der Waals surface area contributed by atoms with Gasteiger partial charge in [-0.2, -0.15) is 0 Å². The minimum Gasteiger partial charge on any atom is -0.465 e. The van der Waals surface area contributed by atoms with Crippen molar-refractivity contribution in [1.82, 2.24) is 10.2 Å². The van der Waals surface area contributed by atoms with E-state index in [1.54, 1.807) is 12.1 Å². The normalized spacial score (nSPS) is 14.0. The lowest BCUT2D eigenvalue weighted by molar-refractivity contribution is -0.126. The average molecular weight is 415 g/mol. The molecule has 3 aromatic carbocycles. The maximum absolute atomic E-state index is 12.9. The van der Waals surface area contributed by atoms with Gasteiger partial charge in [0, 0.05) is 19.6 Å². The number of ether oxygens (including phenoxy) is 1. The SMILES string of the molecule is COC(=O)c1ccc(CNC(=O)C(C)N2Cc3ccccc3-c3ccccc3C2)cc1. The fourth-order valence-corrected chi connectivity index (χ4v) is 3.99. The van der Waals surface area contributed by atoms with Crippen LogP contribution < -0.4 is 5.32 Å². The van der Waals surface area contributed by atoms with Crippen molar-refractivity contribution in [3.8, 4) is 11.1 Å². The Morgan fingerprint density at radius 1 is 0.903 bits per heavy atom. The summed E-state index contributed by atoms with van der Waals surface area (Å²) in [5, 5.41) is 3.03. The van der Waals surface area contributed by atoms with Gasteiger partial charge in [-0.3, -0.25) is 9.69 Å². The summed E-state index contributed by atoms with van der Waals surface area (Å²) >= 11 is 0. The molecular formula is C26H26N2O3. The minimum atomic E-state index is -0.370. The van der Waals surface area contributed by atoms with E-state index >= 15 is 0 Å². The van der Waals surface area contributed by atoms with Gasteiger partial charge < -0.3 is 10.1 Å². The predicted molar refractivity (Wildman–Crippen MR) is 120 cm³/mol. The zero-order valence-corrected chi connectivity index (χ0v) is 17.8. The zero-order chi connectivity index (χ0) is 21.8. The number of benzene rings is 3. The Morgan fingerprint density at radius 2 is 1.45 bits per heavy atom. The molecule has 0 bridgehead atoms. The second-order valence-electron chi connectivity index (χ2n) is 7.80. The van der Waals surface area contributed by atoms with Gasteiger partial charge in [0.2, 0.25) is 5.91 Å². The van der Waals surface area contributed by atoms with Crippen LogP contribution in [0, 0.1) is 0 Å². The maximum Gasteiger partial charge on any atom is 0.337 e. The Morgan fingerprint density at radius 3 is 2.00 bits per heavy atom. The van der Waals surface area contributed by atoms with Gasteiger partial charge in [-0.05, 0) is 46.9 Å². The van der Waals surface area contributed by atoms with Crippen molar-refractivity contribution in [3.63, 3.8) is 0 Å². The van der Waals surface area contributed by atoms with E-state index in [0.717, 1.165) is 5.56 Å². The van der Waals surface area contributed by atoms with E-state index < -0.39 is 0 Å². The number of carbonyl (C=O) groups excluding carboxylic acids is 2. The van der Waals surface area contributed by atoms with Gasteiger partial charge >= 0.3 is 5.97 Å². The summed E-state index contributed by atoms with van der Waals surface area (Å²) in [5.74, 6) is -0.389. The molecule has 1 amide bonds. The molecule has 0 saturated carbocycles. The van der Waals surface area contributed by atoms with E-state index in [0.29, 0.717) is 25.2 Å². The summed E-state index contributed by atoms with van der Waals surface area (Å²) in [7, 11) is 1.36. The van der Waals surface area contributed by atoms with E-state index in [1.165, 1.54) is 29.4 Å². The fourth-order valence-electron chi connectivity index (χ4n) is 3.99. The number of carbonyl (C=O) groups is 2. The Kier molecular flexibility index (Phi) is 6.14. The van der Waals surface area contributed by atoms with Gasteiger partial charge in [-0.25, -0.2) is 4.79 Å². The lowest BCUT2D eigenvalue weighted by Crippen LogP contribution is -2.44. The monoisotopic (exact) mass is 414 g/mol. The third-order valence-electron chi connectivity index (χ3n) is 5.84. The second kappa shape index (κ2) is 9.14. The molecule has 0 aliphatic carbocycles. The molecule has 158 valence electrons. The number of rotatable bonds is 5. The molecule has 31 heavy (non-hydrogen) atoms. The van der Waals surface area contributed by atoms with Gasteiger partial charge in [-0.15, -0.1) is 0 Å². The highest BCUT2D eigenvalue weighted by atomic mass is 16.5. The van der Waals surface area contributed by atoms with Crippen molar-refractivity contribution in [2.75, 3.05) is 7.11 Å². The topological polar surface area (TPSA) is 58.6 Å². The Labute approximate surface area is 182 Å². The molecular weight excluding hydrogens is 388 g/mol. The highest BCUT2D eigenvalue weighted by molar-refractivity contribution is 5.89. The van der Waals surface area contributed by atoms with Crippen LogP contribution in [0.1, 0.15) is 34.0 Å². The van der Waals surface area contributed by atoms with Crippen LogP contribution in [0.5, 0.6) is 0 Å². The largest absolute Gasteiger partial charge is 0.465 e. The number of hydrogen-bond acceptors (Lipinski definition) is 4. The average Bonchev–Trinajstić information content (AvgIpc) is 2.99. The molecule has 0 spiro atoms. The third kappa shape index (κ3) is 4.52. The van der Waals surface area contributed by atoms with E-state index in [9.17, 15) is 9.59 Å². The lowest BCUT2D eigenvalue weighted by atomic mass is 9.97. The molecule has 1 aliphatic rings. The van der Waals surface area contributed by atoms with Crippen molar-refractivity contribution in [3.05, 3.63) is 95.1 Å². The first kappa shape index (κ1) is 20.8. The number of methoxy groups -OCH3 is 1. The van der Waals surface area contributed by atoms with Crippen molar-refractivity contribution in [2.24, 2.45) is 0 Å². The van der Waals surface area contributed by atoms with Crippen molar-refractivity contribution < 1.29 is 14.3 Å². The van der Waals surface area contributed by atoms with Crippen LogP contribution in [0.15, 0.2) is 72.8 Å². The summed E-state index contributed by atoms with van der Waals surface area (Å²) in [4.78, 5) is 26.7. The van der Waals surface area contributed by atoms with Gasteiger partial charge in [0.25, 0.3) is 0 Å². The third-order valence-corrected chi connectivity index (χ3v) is 5.84. The molecule has 4 rings (SSSR count). The fraction of sp³-hybridized carbons (Fsp3) is 0.231. The van der Waals surface area contributed by atoms with Crippen molar-refractivity contribution in [2.45, 2.75) is 32.6 Å². The quantitative estimate of drug-likeness (QED) is 0.637. The van der Waals surface area contributed by atoms with E-state index in [-0.39, 0.29) is 17.9 Å². The van der Waals surface area contributed by atoms with Crippen LogP contribution >= 0.6 is 0 Å². The van der Waals surface area contributed by atoms with Crippen LogP contribution in [0.25, 0.3) is 11.1 Å². The Balaban J connectivity index is 1.46. The van der Waals surface area contributed by atoms with Crippen molar-refractivity contribution in [1.29, 1.82) is 0 Å². The summed E-state index contributed by atoms with van der Waals surface area (Å²) < 4.78 is 4.72. The Bertz CT molecular complexity index is 1040. The van der Waals surface area contributed by atoms with E-state index in [2.05, 4.69) is 46.6 Å². The van der Waals surface area contributed by atoms with Crippen molar-refractivity contribution >= 4 is 11.9 Å². The smallest absolute Gasteiger partial charge is 0.337 e. The summed E-state index contributed by atoms with van der Waals surface area (Å²) in [6.07, 6.45) is 0. The number of esters is 1. The number of nitrogens with one attached hydrogen (secondary N) is 1. The molecule has 5 heteroatoms. The van der Waals surface area contributed by atoms with Crippen LogP contribution in [0.4, 0.5) is 0 Å². The molecule has 1 unspecified atom stereocenters. The minimum absolute atomic E-state index is 0.0195. The van der Waals surface area contributed by atoms with Gasteiger partial charge in [0.15, 0.2) is 0 Å². The van der Waals surface area contributed by atoms with Gasteiger partial charge in [0.05, 0.1) is 18.7 Å².